The van der Waals surface area contributed by atoms with Crippen LogP contribution < -0.4 is 20.0 Å². The minimum atomic E-state index is -4.22. The number of hydrogen-bond acceptors (Lipinski definition) is 5. The number of amides is 2. The first-order valence-corrected chi connectivity index (χ1v) is 10.5. The highest BCUT2D eigenvalue weighted by Gasteiger charge is 2.43. The normalized spacial score (nSPS) is 21.6. The van der Waals surface area contributed by atoms with E-state index in [0.29, 0.717) is 37.0 Å². The minimum Gasteiger partial charge on any atom is -0.366 e. The summed E-state index contributed by atoms with van der Waals surface area (Å²) in [5, 5.41) is 2.82. The van der Waals surface area contributed by atoms with E-state index in [1.165, 1.54) is 0 Å². The molecule has 2 bridgehead atoms. The number of anilines is 4. The van der Waals surface area contributed by atoms with Crippen molar-refractivity contribution >= 4 is 29.2 Å². The van der Waals surface area contributed by atoms with Crippen LogP contribution in [-0.2, 0) is 0 Å². The number of piperidine rings is 1. The van der Waals surface area contributed by atoms with Crippen molar-refractivity contribution in [3.05, 3.63) is 36.5 Å². The van der Waals surface area contributed by atoms with Gasteiger partial charge in [-0.15, -0.1) is 0 Å². The molecule has 0 radical (unpaired) electrons. The maximum absolute atomic E-state index is 13.3. The van der Waals surface area contributed by atoms with Crippen LogP contribution >= 0.6 is 0 Å². The summed E-state index contributed by atoms with van der Waals surface area (Å²) in [6.45, 7) is 1.93. The van der Waals surface area contributed by atoms with E-state index in [0.717, 1.165) is 18.7 Å². The molecule has 33 heavy (non-hydrogen) atoms. The molecule has 3 aliphatic rings. The number of carbonyl (C=O) groups is 1. The molecule has 0 aromatic carbocycles. The summed E-state index contributed by atoms with van der Waals surface area (Å²) in [5.41, 5.74) is 0.832. The lowest BCUT2D eigenvalue weighted by atomic mass is 9.97. The lowest BCUT2D eigenvalue weighted by molar-refractivity contribution is -0.176. The molecule has 2 saturated heterocycles. The highest BCUT2D eigenvalue weighted by molar-refractivity contribution is 6.04. The van der Waals surface area contributed by atoms with Crippen LogP contribution in [-0.4, -0.2) is 54.4 Å². The first-order chi connectivity index (χ1) is 14.9. The average Bonchev–Trinajstić information content (AvgIpc) is 3.18. The van der Waals surface area contributed by atoms with Gasteiger partial charge in [0.25, 0.3) is 0 Å². The van der Waals surface area contributed by atoms with E-state index in [2.05, 4.69) is 15.2 Å². The molecule has 2 aromatic heterocycles. The van der Waals surface area contributed by atoms with Crippen molar-refractivity contribution in [1.29, 1.82) is 0 Å². The molecule has 0 unspecified atom stereocenters. The third-order valence-corrected chi connectivity index (χ3v) is 6.26. The second-order valence-electron chi connectivity index (χ2n) is 8.24. The van der Waals surface area contributed by atoms with Gasteiger partial charge in [-0.3, -0.25) is 10.2 Å². The van der Waals surface area contributed by atoms with Crippen molar-refractivity contribution in [3.8, 4) is 0 Å². The van der Waals surface area contributed by atoms with Gasteiger partial charge in [0.2, 0.25) is 0 Å². The van der Waals surface area contributed by atoms with E-state index in [9.17, 15) is 18.0 Å². The number of nitrogens with one attached hydrogen (secondary N) is 1. The minimum absolute atomic E-state index is 0. The highest BCUT2D eigenvalue weighted by Crippen LogP contribution is 2.41. The summed E-state index contributed by atoms with van der Waals surface area (Å²) in [6.07, 6.45) is -1.21. The predicted molar refractivity (Wildman–Crippen MR) is 125 cm³/mol. The molecule has 2 fully saturated rings. The summed E-state index contributed by atoms with van der Waals surface area (Å²) >= 11 is 0. The zero-order valence-corrected chi connectivity index (χ0v) is 16.8. The van der Waals surface area contributed by atoms with Crippen molar-refractivity contribution in [1.82, 2.24) is 9.97 Å². The summed E-state index contributed by atoms with van der Waals surface area (Å²) in [7, 11) is 0. The Kier molecular flexibility index (Phi) is 7.04. The average molecular weight is 465 g/mol. The number of nitrogens with zero attached hydrogens (tertiary/aromatic N) is 5. The van der Waals surface area contributed by atoms with Gasteiger partial charge in [0, 0.05) is 32.4 Å². The number of pyridine rings is 2. The lowest BCUT2D eigenvalue weighted by Crippen LogP contribution is -2.48. The van der Waals surface area contributed by atoms with Crippen molar-refractivity contribution in [2.24, 2.45) is 5.92 Å². The van der Waals surface area contributed by atoms with Gasteiger partial charge < -0.3 is 9.80 Å². The predicted octanol–water partition coefficient (Wildman–Crippen LogP) is 5.16. The van der Waals surface area contributed by atoms with Crippen LogP contribution in [0.25, 0.3) is 0 Å². The fraction of sp³-hybridized carbons (Fsp3) is 0.522. The fourth-order valence-corrected chi connectivity index (χ4v) is 4.70. The van der Waals surface area contributed by atoms with Gasteiger partial charge in [-0.1, -0.05) is 20.9 Å². The molecule has 5 rings (SSSR count). The Morgan fingerprint density at radius 3 is 2.58 bits per heavy atom. The Balaban J connectivity index is 0.00000153. The zero-order chi connectivity index (χ0) is 21.6. The first kappa shape index (κ1) is 24.6. The highest BCUT2D eigenvalue weighted by atomic mass is 19.4. The topological polar surface area (TPSA) is 64.6 Å². The molecule has 5 heterocycles. The van der Waals surface area contributed by atoms with Gasteiger partial charge in [0.15, 0.2) is 5.82 Å². The van der Waals surface area contributed by atoms with E-state index < -0.39 is 12.1 Å². The molecule has 0 spiro atoms. The molecular weight excluding hydrogens is 433 g/mol. The first-order valence-electron chi connectivity index (χ1n) is 10.5. The van der Waals surface area contributed by atoms with Gasteiger partial charge in [-0.05, 0) is 43.5 Å². The van der Waals surface area contributed by atoms with E-state index in [1.807, 2.05) is 6.07 Å². The number of rotatable bonds is 2. The standard InChI is InChI=1S/C21H23F3N6O.2CH4/c22-21(23,24)14-4-3-10-29(12-14)18-7-6-16-19(27-18)30(15-8-11-28(16)13-15)20(31)26-17-5-1-2-9-25-17;;/h1-2,5-7,9,14-15H,3-4,8,10-13H2,(H,25,26,31);2*1H4/t14-,15-;;/m0../s1. The fourth-order valence-electron chi connectivity index (χ4n) is 4.70. The molecule has 3 aliphatic heterocycles. The van der Waals surface area contributed by atoms with Crippen LogP contribution in [0.5, 0.6) is 0 Å². The van der Waals surface area contributed by atoms with Crippen molar-refractivity contribution in [2.45, 2.75) is 46.3 Å². The Labute approximate surface area is 192 Å². The molecule has 1 N–H and O–H groups in total. The van der Waals surface area contributed by atoms with Gasteiger partial charge in [0.1, 0.15) is 11.6 Å². The van der Waals surface area contributed by atoms with Crippen molar-refractivity contribution in [2.75, 3.05) is 46.2 Å². The number of aromatic nitrogens is 2. The molecule has 2 atom stereocenters. The zero-order valence-electron chi connectivity index (χ0n) is 16.8. The van der Waals surface area contributed by atoms with Crippen molar-refractivity contribution < 1.29 is 18.0 Å². The van der Waals surface area contributed by atoms with Crippen LogP contribution in [0.3, 0.4) is 0 Å². The van der Waals surface area contributed by atoms with Crippen LogP contribution in [0, 0.1) is 5.92 Å². The van der Waals surface area contributed by atoms with Crippen LogP contribution in [0.2, 0.25) is 0 Å². The van der Waals surface area contributed by atoms with E-state index in [-0.39, 0.29) is 39.9 Å². The quantitative estimate of drug-likeness (QED) is 0.665. The summed E-state index contributed by atoms with van der Waals surface area (Å²) in [4.78, 5) is 27.5. The monoisotopic (exact) mass is 464 g/mol. The van der Waals surface area contributed by atoms with Gasteiger partial charge >= 0.3 is 12.2 Å². The summed E-state index contributed by atoms with van der Waals surface area (Å²) in [5.74, 6) is 0.0527. The lowest BCUT2D eigenvalue weighted by Gasteiger charge is -2.38. The Bertz CT molecular complexity index is 970. The molecule has 2 aromatic rings. The third kappa shape index (κ3) is 4.69. The number of carbonyl (C=O) groups excluding carboxylic acids is 1. The SMILES string of the molecule is C.C.O=C(Nc1ccccn1)N1c2nc(N3CCC[C@H](C(F)(F)F)C3)ccc2N2CC[C@H]1C2. The smallest absolute Gasteiger partial charge is 0.366 e. The van der Waals surface area contributed by atoms with Gasteiger partial charge in [0.05, 0.1) is 17.6 Å². The van der Waals surface area contributed by atoms with Crippen LogP contribution in [0.1, 0.15) is 34.1 Å². The Hall–Kier alpha value is -3.04. The Morgan fingerprint density at radius 2 is 1.85 bits per heavy atom. The van der Waals surface area contributed by atoms with Crippen LogP contribution in [0.15, 0.2) is 36.5 Å². The number of halogens is 3. The van der Waals surface area contributed by atoms with E-state index in [4.69, 9.17) is 4.98 Å². The summed E-state index contributed by atoms with van der Waals surface area (Å²) < 4.78 is 39.8. The maximum Gasteiger partial charge on any atom is 0.393 e. The molecule has 10 heteroatoms. The Morgan fingerprint density at radius 1 is 1.03 bits per heavy atom. The van der Waals surface area contributed by atoms with Crippen molar-refractivity contribution in [3.63, 3.8) is 0 Å². The molecule has 7 nitrogen and oxygen atoms in total. The van der Waals surface area contributed by atoms with E-state index >= 15 is 0 Å². The third-order valence-electron chi connectivity index (χ3n) is 6.26. The largest absolute Gasteiger partial charge is 0.393 e. The number of hydrogen-bond donors (Lipinski definition) is 1. The number of alkyl halides is 3. The molecule has 2 amide bonds. The number of urea groups is 1. The summed E-state index contributed by atoms with van der Waals surface area (Å²) in [6, 6.07) is 8.53. The molecular formula is C23H31F3N6O. The molecule has 0 aliphatic carbocycles. The van der Waals surface area contributed by atoms with Gasteiger partial charge in [-0.2, -0.15) is 13.2 Å². The van der Waals surface area contributed by atoms with Crippen LogP contribution in [0.4, 0.5) is 41.1 Å². The molecule has 180 valence electrons. The van der Waals surface area contributed by atoms with Gasteiger partial charge in [-0.25, -0.2) is 14.8 Å². The number of fused-ring (bicyclic) bond motifs is 4. The van der Waals surface area contributed by atoms with E-state index in [1.54, 1.807) is 40.3 Å². The second kappa shape index (κ2) is 9.44. The second-order valence-corrected chi connectivity index (χ2v) is 8.24. The maximum atomic E-state index is 13.3. The molecule has 0 saturated carbocycles.